The number of rotatable bonds is 8. The number of epoxide rings is 1. The van der Waals surface area contributed by atoms with Crippen LogP contribution in [0.4, 0.5) is 0 Å². The van der Waals surface area contributed by atoms with E-state index in [1.165, 1.54) is 11.1 Å². The highest BCUT2D eigenvalue weighted by Gasteiger charge is 2.25. The van der Waals surface area contributed by atoms with Crippen molar-refractivity contribution in [3.05, 3.63) is 71.8 Å². The van der Waals surface area contributed by atoms with Gasteiger partial charge in [0.1, 0.15) is 0 Å². The maximum absolute atomic E-state index is 5.32. The zero-order chi connectivity index (χ0) is 14.3. The first kappa shape index (κ1) is 14.2. The third-order valence-electron chi connectivity index (χ3n) is 3.42. The van der Waals surface area contributed by atoms with Crippen molar-refractivity contribution in [3.8, 4) is 0 Å². The predicted octanol–water partition coefficient (Wildman–Crippen LogP) is 2.10. The van der Waals surface area contributed by atoms with E-state index in [2.05, 4.69) is 59.4 Å². The molecule has 0 bridgehead atoms. The molecule has 2 aromatic carbocycles. The Balaban J connectivity index is 1.50. The summed E-state index contributed by atoms with van der Waals surface area (Å²) in [4.78, 5) is 0. The summed E-state index contributed by atoms with van der Waals surface area (Å²) in [5, 5.41) is 2.04. The lowest BCUT2D eigenvalue weighted by Gasteiger charge is -2.23. The molecule has 4 nitrogen and oxygen atoms in total. The van der Waals surface area contributed by atoms with Gasteiger partial charge >= 0.3 is 0 Å². The van der Waals surface area contributed by atoms with Gasteiger partial charge in [0.2, 0.25) is 0 Å². The molecule has 1 aliphatic rings. The van der Waals surface area contributed by atoms with E-state index in [0.717, 1.165) is 26.2 Å². The van der Waals surface area contributed by atoms with Crippen molar-refractivity contribution in [1.29, 1.82) is 0 Å². The van der Waals surface area contributed by atoms with Crippen LogP contribution in [0.2, 0.25) is 0 Å². The Morgan fingerprint density at radius 3 is 1.76 bits per heavy atom. The lowest BCUT2D eigenvalue weighted by Crippen LogP contribution is -2.49. The lowest BCUT2D eigenvalue weighted by molar-refractivity contribution is 0.0952. The standard InChI is InChI=1S/C17H21N3O/c1-3-7-15(8-4-1)11-18-20(13-17-14-21-17)19-12-16-9-5-2-6-10-16/h1-10,17-19H,11-14H2. The van der Waals surface area contributed by atoms with Gasteiger partial charge in [0.05, 0.1) is 19.3 Å². The van der Waals surface area contributed by atoms with Gasteiger partial charge in [-0.15, -0.1) is 0 Å². The molecule has 1 atom stereocenters. The van der Waals surface area contributed by atoms with E-state index in [9.17, 15) is 0 Å². The quantitative estimate of drug-likeness (QED) is 0.575. The van der Waals surface area contributed by atoms with E-state index < -0.39 is 0 Å². The molecule has 2 N–H and O–H groups in total. The monoisotopic (exact) mass is 283 g/mol. The number of hydrogen-bond acceptors (Lipinski definition) is 4. The largest absolute Gasteiger partial charge is 0.372 e. The Morgan fingerprint density at radius 1 is 0.857 bits per heavy atom. The fraction of sp³-hybridized carbons (Fsp3) is 0.294. The molecule has 1 saturated heterocycles. The first-order valence-electron chi connectivity index (χ1n) is 7.34. The van der Waals surface area contributed by atoms with Crippen LogP contribution in [-0.2, 0) is 17.8 Å². The SMILES string of the molecule is c1ccc(CNN(CC2CO2)NCc2ccccc2)cc1. The maximum atomic E-state index is 5.32. The molecule has 3 rings (SSSR count). The Hall–Kier alpha value is -1.72. The summed E-state index contributed by atoms with van der Waals surface area (Å²) in [6, 6.07) is 20.8. The number of benzene rings is 2. The third-order valence-corrected chi connectivity index (χ3v) is 3.42. The van der Waals surface area contributed by atoms with Crippen LogP contribution >= 0.6 is 0 Å². The summed E-state index contributed by atoms with van der Waals surface area (Å²) in [6.07, 6.45) is 0.344. The molecule has 0 radical (unpaired) electrons. The van der Waals surface area contributed by atoms with Crippen molar-refractivity contribution < 1.29 is 4.74 Å². The summed E-state index contributed by atoms with van der Waals surface area (Å²) >= 11 is 0. The molecule has 1 fully saturated rings. The molecule has 1 unspecified atom stereocenters. The smallest absolute Gasteiger partial charge is 0.0965 e. The second-order valence-electron chi connectivity index (χ2n) is 5.21. The molecule has 1 aliphatic heterocycles. The Bertz CT molecular complexity index is 485. The van der Waals surface area contributed by atoms with Gasteiger partial charge in [-0.1, -0.05) is 60.7 Å². The van der Waals surface area contributed by atoms with Gasteiger partial charge in [0, 0.05) is 13.1 Å². The molecule has 0 aliphatic carbocycles. The van der Waals surface area contributed by atoms with Crippen LogP contribution < -0.4 is 10.9 Å². The first-order chi connectivity index (χ1) is 10.4. The van der Waals surface area contributed by atoms with Crippen LogP contribution in [0, 0.1) is 0 Å². The summed E-state index contributed by atoms with van der Waals surface area (Å²) in [7, 11) is 0. The summed E-state index contributed by atoms with van der Waals surface area (Å²) in [5.41, 5.74) is 9.37. The van der Waals surface area contributed by atoms with E-state index in [1.54, 1.807) is 0 Å². The molecule has 0 aromatic heterocycles. The summed E-state index contributed by atoms with van der Waals surface area (Å²) < 4.78 is 5.32. The Kier molecular flexibility index (Phi) is 4.97. The molecule has 2 aromatic rings. The van der Waals surface area contributed by atoms with Crippen LogP contribution in [-0.4, -0.2) is 24.4 Å². The van der Waals surface area contributed by atoms with E-state index >= 15 is 0 Å². The minimum Gasteiger partial charge on any atom is -0.372 e. The Morgan fingerprint density at radius 2 is 1.33 bits per heavy atom. The molecule has 110 valence electrons. The summed E-state index contributed by atoms with van der Waals surface area (Å²) in [5.74, 6) is 0. The predicted molar refractivity (Wildman–Crippen MR) is 83.0 cm³/mol. The molecule has 0 amide bonds. The zero-order valence-electron chi connectivity index (χ0n) is 12.0. The highest BCUT2D eigenvalue weighted by molar-refractivity contribution is 5.15. The summed E-state index contributed by atoms with van der Waals surface area (Å²) in [6.45, 7) is 3.31. The Labute approximate surface area is 125 Å². The van der Waals surface area contributed by atoms with Gasteiger partial charge < -0.3 is 4.74 Å². The number of hydrazine groups is 2. The average Bonchev–Trinajstić information content (AvgIpc) is 3.36. The first-order valence-corrected chi connectivity index (χ1v) is 7.34. The second kappa shape index (κ2) is 7.33. The van der Waals surface area contributed by atoms with Crippen LogP contribution in [0.1, 0.15) is 11.1 Å². The highest BCUT2D eigenvalue weighted by atomic mass is 16.6. The van der Waals surface area contributed by atoms with E-state index in [4.69, 9.17) is 4.74 Å². The minimum atomic E-state index is 0.344. The van der Waals surface area contributed by atoms with Crippen LogP contribution in [0.25, 0.3) is 0 Å². The fourth-order valence-corrected chi connectivity index (χ4v) is 2.13. The average molecular weight is 283 g/mol. The third kappa shape index (κ3) is 4.95. The van der Waals surface area contributed by atoms with Gasteiger partial charge in [0.15, 0.2) is 0 Å². The number of nitrogens with zero attached hydrogens (tertiary/aromatic N) is 1. The zero-order valence-corrected chi connectivity index (χ0v) is 12.0. The van der Waals surface area contributed by atoms with Crippen LogP contribution in [0.5, 0.6) is 0 Å². The van der Waals surface area contributed by atoms with E-state index in [-0.39, 0.29) is 0 Å². The number of hydrogen-bond donors (Lipinski definition) is 2. The van der Waals surface area contributed by atoms with Crippen molar-refractivity contribution in [3.63, 3.8) is 0 Å². The molecular weight excluding hydrogens is 262 g/mol. The maximum Gasteiger partial charge on any atom is 0.0965 e. The van der Waals surface area contributed by atoms with Gasteiger partial charge in [0.25, 0.3) is 0 Å². The molecule has 0 spiro atoms. The molecule has 21 heavy (non-hydrogen) atoms. The topological polar surface area (TPSA) is 39.8 Å². The molecule has 4 heteroatoms. The van der Waals surface area contributed by atoms with Crippen molar-refractivity contribution in [2.75, 3.05) is 13.2 Å². The highest BCUT2D eigenvalue weighted by Crippen LogP contribution is 2.09. The minimum absolute atomic E-state index is 0.344. The number of nitrogens with one attached hydrogen (secondary N) is 2. The van der Waals surface area contributed by atoms with Gasteiger partial charge in [-0.05, 0) is 11.1 Å². The van der Waals surface area contributed by atoms with E-state index in [0.29, 0.717) is 6.10 Å². The van der Waals surface area contributed by atoms with Gasteiger partial charge in [-0.25, -0.2) is 10.9 Å². The van der Waals surface area contributed by atoms with Crippen molar-refractivity contribution in [1.82, 2.24) is 16.0 Å². The fourth-order valence-electron chi connectivity index (χ4n) is 2.13. The van der Waals surface area contributed by atoms with Crippen molar-refractivity contribution in [2.45, 2.75) is 19.2 Å². The van der Waals surface area contributed by atoms with Gasteiger partial charge in [-0.3, -0.25) is 0 Å². The van der Waals surface area contributed by atoms with Crippen LogP contribution in [0.3, 0.4) is 0 Å². The molecule has 0 saturated carbocycles. The number of ether oxygens (including phenoxy) is 1. The van der Waals surface area contributed by atoms with Gasteiger partial charge in [-0.2, -0.15) is 5.12 Å². The second-order valence-corrected chi connectivity index (χ2v) is 5.21. The lowest BCUT2D eigenvalue weighted by atomic mass is 10.2. The molecular formula is C17H21N3O. The van der Waals surface area contributed by atoms with Crippen molar-refractivity contribution in [2.24, 2.45) is 0 Å². The van der Waals surface area contributed by atoms with Crippen LogP contribution in [0.15, 0.2) is 60.7 Å². The van der Waals surface area contributed by atoms with Crippen molar-refractivity contribution >= 4 is 0 Å². The van der Waals surface area contributed by atoms with E-state index in [1.807, 2.05) is 17.3 Å². The molecule has 1 heterocycles. The normalized spacial score (nSPS) is 17.1.